The number of amides is 2. The number of carbonyl (C=O) groups is 2. The van der Waals surface area contributed by atoms with E-state index in [0.717, 1.165) is 50.1 Å². The lowest BCUT2D eigenvalue weighted by Crippen LogP contribution is -2.55. The van der Waals surface area contributed by atoms with Crippen LogP contribution in [0.25, 0.3) is 0 Å². The first kappa shape index (κ1) is 15.5. The van der Waals surface area contributed by atoms with E-state index in [9.17, 15) is 9.59 Å². The van der Waals surface area contributed by atoms with Crippen LogP contribution in [0, 0.1) is 0 Å². The van der Waals surface area contributed by atoms with Crippen LogP contribution in [-0.2, 0) is 4.79 Å². The first-order valence-electron chi connectivity index (χ1n) is 8.11. The van der Waals surface area contributed by atoms with Gasteiger partial charge in [0.15, 0.2) is 0 Å². The minimum atomic E-state index is -0.315. The largest absolute Gasteiger partial charge is 0.350 e. The molecule has 2 unspecified atom stereocenters. The zero-order valence-corrected chi connectivity index (χ0v) is 13.5. The van der Waals surface area contributed by atoms with Gasteiger partial charge in [0.05, 0.1) is 4.88 Å². The van der Waals surface area contributed by atoms with Gasteiger partial charge in [-0.05, 0) is 50.1 Å². The van der Waals surface area contributed by atoms with Gasteiger partial charge in [-0.2, -0.15) is 0 Å². The van der Waals surface area contributed by atoms with Gasteiger partial charge in [0.2, 0.25) is 5.91 Å². The second kappa shape index (κ2) is 7.24. The summed E-state index contributed by atoms with van der Waals surface area (Å²) in [5, 5.41) is 8.34. The molecule has 2 atom stereocenters. The van der Waals surface area contributed by atoms with Gasteiger partial charge < -0.3 is 15.5 Å². The minimum absolute atomic E-state index is 0.00313. The fourth-order valence-electron chi connectivity index (χ4n) is 3.26. The average Bonchev–Trinajstić information content (AvgIpc) is 3.09. The van der Waals surface area contributed by atoms with Crippen molar-refractivity contribution in [2.24, 2.45) is 0 Å². The summed E-state index contributed by atoms with van der Waals surface area (Å²) in [7, 11) is 0. The van der Waals surface area contributed by atoms with Crippen molar-refractivity contribution in [2.45, 2.75) is 44.2 Å². The summed E-state index contributed by atoms with van der Waals surface area (Å²) in [4.78, 5) is 27.7. The molecule has 0 saturated carbocycles. The fourth-order valence-corrected chi connectivity index (χ4v) is 3.94. The third-order valence-corrected chi connectivity index (χ3v) is 5.30. The molecule has 22 heavy (non-hydrogen) atoms. The van der Waals surface area contributed by atoms with Gasteiger partial charge in [-0.1, -0.05) is 6.07 Å². The van der Waals surface area contributed by atoms with Gasteiger partial charge in [0.1, 0.15) is 6.04 Å². The number of nitrogens with zero attached hydrogens (tertiary/aromatic N) is 1. The van der Waals surface area contributed by atoms with Gasteiger partial charge in [-0.25, -0.2) is 0 Å². The first-order chi connectivity index (χ1) is 10.8. The highest BCUT2D eigenvalue weighted by atomic mass is 32.1. The smallest absolute Gasteiger partial charge is 0.264 e. The van der Waals surface area contributed by atoms with E-state index in [2.05, 4.69) is 10.6 Å². The van der Waals surface area contributed by atoms with E-state index >= 15 is 0 Å². The Kier molecular flexibility index (Phi) is 5.10. The summed E-state index contributed by atoms with van der Waals surface area (Å²) in [6.45, 7) is 2.54. The molecule has 3 heterocycles. The quantitative estimate of drug-likeness (QED) is 0.889. The molecule has 0 aliphatic carbocycles. The van der Waals surface area contributed by atoms with E-state index in [1.807, 2.05) is 17.5 Å². The molecule has 2 saturated heterocycles. The van der Waals surface area contributed by atoms with E-state index in [-0.39, 0.29) is 23.9 Å². The van der Waals surface area contributed by atoms with Gasteiger partial charge in [-0.3, -0.25) is 9.59 Å². The van der Waals surface area contributed by atoms with E-state index in [1.165, 1.54) is 11.3 Å². The van der Waals surface area contributed by atoms with Crippen molar-refractivity contribution in [1.82, 2.24) is 15.5 Å². The molecule has 0 aromatic carbocycles. The number of hydrogen-bond donors (Lipinski definition) is 2. The molecule has 2 fully saturated rings. The highest BCUT2D eigenvalue weighted by molar-refractivity contribution is 7.12. The molecule has 0 radical (unpaired) electrons. The maximum Gasteiger partial charge on any atom is 0.264 e. The summed E-state index contributed by atoms with van der Waals surface area (Å²) >= 11 is 1.44. The van der Waals surface area contributed by atoms with E-state index < -0.39 is 0 Å². The molecule has 3 rings (SSSR count). The molecule has 2 aliphatic heterocycles. The summed E-state index contributed by atoms with van der Waals surface area (Å²) in [5.74, 6) is 0.00919. The van der Waals surface area contributed by atoms with Crippen molar-refractivity contribution in [3.05, 3.63) is 22.4 Å². The topological polar surface area (TPSA) is 61.4 Å². The molecule has 2 N–H and O–H groups in total. The Bertz CT molecular complexity index is 511. The molecule has 1 aromatic rings. The second-order valence-electron chi connectivity index (χ2n) is 6.04. The van der Waals surface area contributed by atoms with E-state index in [0.29, 0.717) is 6.54 Å². The number of nitrogens with one attached hydrogen (secondary N) is 2. The number of hydrogen-bond acceptors (Lipinski definition) is 4. The summed E-state index contributed by atoms with van der Waals surface area (Å²) in [6, 6.07) is 3.60. The molecule has 120 valence electrons. The maximum atomic E-state index is 12.6. The van der Waals surface area contributed by atoms with Crippen LogP contribution in [0.2, 0.25) is 0 Å². The lowest BCUT2D eigenvalue weighted by Gasteiger charge is -2.36. The van der Waals surface area contributed by atoms with Crippen molar-refractivity contribution in [2.75, 3.05) is 19.6 Å². The zero-order chi connectivity index (χ0) is 15.4. The molecule has 2 aliphatic rings. The summed E-state index contributed by atoms with van der Waals surface area (Å²) in [6.07, 6.45) is 4.86. The molecule has 5 nitrogen and oxygen atoms in total. The monoisotopic (exact) mass is 321 g/mol. The normalized spacial score (nSPS) is 25.7. The number of carbonyl (C=O) groups excluding carboxylic acids is 2. The number of piperidine rings is 2. The van der Waals surface area contributed by atoms with E-state index in [1.54, 1.807) is 4.90 Å². The van der Waals surface area contributed by atoms with Crippen LogP contribution in [0.3, 0.4) is 0 Å². The Morgan fingerprint density at radius 2 is 2.18 bits per heavy atom. The zero-order valence-electron chi connectivity index (χ0n) is 12.7. The van der Waals surface area contributed by atoms with Crippen molar-refractivity contribution >= 4 is 23.2 Å². The Labute approximate surface area is 135 Å². The van der Waals surface area contributed by atoms with Crippen molar-refractivity contribution in [3.8, 4) is 0 Å². The lowest BCUT2D eigenvalue weighted by atomic mass is 10.00. The molecular weight excluding hydrogens is 298 g/mol. The second-order valence-corrected chi connectivity index (χ2v) is 6.99. The SMILES string of the molecule is O=C(NC1CCCNC1)C1CCCCN1C(=O)c1cccs1. The highest BCUT2D eigenvalue weighted by Crippen LogP contribution is 2.22. The fraction of sp³-hybridized carbons (Fsp3) is 0.625. The van der Waals surface area contributed by atoms with Crippen LogP contribution >= 0.6 is 11.3 Å². The molecule has 0 spiro atoms. The third-order valence-electron chi connectivity index (χ3n) is 4.44. The maximum absolute atomic E-state index is 12.6. The Morgan fingerprint density at radius 1 is 1.27 bits per heavy atom. The first-order valence-corrected chi connectivity index (χ1v) is 8.99. The van der Waals surface area contributed by atoms with Gasteiger partial charge in [0.25, 0.3) is 5.91 Å². The molecule has 2 amide bonds. The van der Waals surface area contributed by atoms with Crippen LogP contribution < -0.4 is 10.6 Å². The Morgan fingerprint density at radius 3 is 2.91 bits per heavy atom. The Hall–Kier alpha value is -1.40. The van der Waals surface area contributed by atoms with Crippen molar-refractivity contribution in [3.63, 3.8) is 0 Å². The minimum Gasteiger partial charge on any atom is -0.350 e. The van der Waals surface area contributed by atoms with Gasteiger partial charge >= 0.3 is 0 Å². The molecular formula is C16H23N3O2S. The summed E-state index contributed by atoms with van der Waals surface area (Å²) < 4.78 is 0. The molecule has 1 aromatic heterocycles. The Balaban J connectivity index is 1.66. The molecule has 0 bridgehead atoms. The number of likely N-dealkylation sites (tertiary alicyclic amines) is 1. The van der Waals surface area contributed by atoms with Crippen molar-refractivity contribution in [1.29, 1.82) is 0 Å². The standard InChI is InChI=1S/C16H23N3O2S/c20-15(18-12-5-3-8-17-11-12)13-6-1-2-9-19(13)16(21)14-7-4-10-22-14/h4,7,10,12-13,17H,1-3,5-6,8-9,11H2,(H,18,20). The third kappa shape index (κ3) is 3.50. The van der Waals surface area contributed by atoms with E-state index in [4.69, 9.17) is 0 Å². The lowest BCUT2D eigenvalue weighted by molar-refractivity contribution is -0.127. The van der Waals surface area contributed by atoms with Crippen molar-refractivity contribution < 1.29 is 9.59 Å². The van der Waals surface area contributed by atoms with Crippen LogP contribution in [-0.4, -0.2) is 48.4 Å². The predicted octanol–water partition coefficient (Wildman–Crippen LogP) is 1.61. The van der Waals surface area contributed by atoms with Crippen LogP contribution in [0.1, 0.15) is 41.8 Å². The van der Waals surface area contributed by atoms with Crippen LogP contribution in [0.5, 0.6) is 0 Å². The molecule has 6 heteroatoms. The highest BCUT2D eigenvalue weighted by Gasteiger charge is 2.33. The number of rotatable bonds is 3. The van der Waals surface area contributed by atoms with Crippen LogP contribution in [0.4, 0.5) is 0 Å². The number of thiophene rings is 1. The van der Waals surface area contributed by atoms with Gasteiger partial charge in [-0.15, -0.1) is 11.3 Å². The predicted molar refractivity (Wildman–Crippen MR) is 87.0 cm³/mol. The summed E-state index contributed by atoms with van der Waals surface area (Å²) in [5.41, 5.74) is 0. The van der Waals surface area contributed by atoms with Crippen LogP contribution in [0.15, 0.2) is 17.5 Å². The van der Waals surface area contributed by atoms with Gasteiger partial charge in [0, 0.05) is 19.1 Å². The average molecular weight is 321 g/mol.